The standard InChI is InChI=1S/C12H19N7O/c1-3-14-10-16-11(15-6-8-20-4-2)18-12(17-10)19-7-5-13-9-19/h5,7,9H,3-4,6,8H2,1-2H3,(H2,14,15,16,17,18). The van der Waals surface area contributed by atoms with Gasteiger partial charge in [-0.25, -0.2) is 4.98 Å². The molecule has 8 nitrogen and oxygen atoms in total. The Morgan fingerprint density at radius 2 is 1.95 bits per heavy atom. The number of anilines is 2. The van der Waals surface area contributed by atoms with E-state index in [2.05, 4.69) is 30.6 Å². The molecule has 2 aromatic heterocycles. The van der Waals surface area contributed by atoms with Gasteiger partial charge in [-0.2, -0.15) is 15.0 Å². The summed E-state index contributed by atoms with van der Waals surface area (Å²) in [4.78, 5) is 17.0. The van der Waals surface area contributed by atoms with Crippen molar-refractivity contribution in [3.05, 3.63) is 18.7 Å². The Bertz CT molecular complexity index is 515. The van der Waals surface area contributed by atoms with Crippen molar-refractivity contribution in [3.8, 4) is 5.95 Å². The first kappa shape index (κ1) is 14.2. The molecule has 0 amide bonds. The van der Waals surface area contributed by atoms with Crippen molar-refractivity contribution in [1.29, 1.82) is 0 Å². The van der Waals surface area contributed by atoms with Crippen molar-refractivity contribution < 1.29 is 4.74 Å². The molecule has 8 heteroatoms. The fraction of sp³-hybridized carbons (Fsp3) is 0.500. The summed E-state index contributed by atoms with van der Waals surface area (Å²) in [6.45, 7) is 6.64. The third kappa shape index (κ3) is 3.89. The lowest BCUT2D eigenvalue weighted by Gasteiger charge is -2.09. The zero-order valence-corrected chi connectivity index (χ0v) is 11.7. The van der Waals surface area contributed by atoms with E-state index in [4.69, 9.17) is 4.74 Å². The highest BCUT2D eigenvalue weighted by atomic mass is 16.5. The molecule has 0 saturated carbocycles. The largest absolute Gasteiger partial charge is 0.380 e. The zero-order chi connectivity index (χ0) is 14.2. The number of imidazole rings is 1. The van der Waals surface area contributed by atoms with Gasteiger partial charge in [-0.15, -0.1) is 0 Å². The second-order valence-corrected chi connectivity index (χ2v) is 3.91. The van der Waals surface area contributed by atoms with Gasteiger partial charge in [-0.1, -0.05) is 0 Å². The summed E-state index contributed by atoms with van der Waals surface area (Å²) < 4.78 is 7.00. The molecule has 20 heavy (non-hydrogen) atoms. The molecular formula is C12H19N7O. The van der Waals surface area contributed by atoms with Crippen molar-refractivity contribution in [3.63, 3.8) is 0 Å². The third-order valence-electron chi connectivity index (χ3n) is 2.43. The van der Waals surface area contributed by atoms with Gasteiger partial charge < -0.3 is 15.4 Å². The highest BCUT2D eigenvalue weighted by Gasteiger charge is 2.07. The first-order valence-corrected chi connectivity index (χ1v) is 6.63. The first-order chi connectivity index (χ1) is 9.83. The van der Waals surface area contributed by atoms with E-state index in [0.717, 1.165) is 6.54 Å². The number of hydrogen-bond donors (Lipinski definition) is 2. The quantitative estimate of drug-likeness (QED) is 0.694. The Kier molecular flexibility index (Phi) is 5.24. The van der Waals surface area contributed by atoms with Crippen molar-refractivity contribution in [1.82, 2.24) is 24.5 Å². The normalized spacial score (nSPS) is 10.5. The number of ether oxygens (including phenoxy) is 1. The highest BCUT2D eigenvalue weighted by molar-refractivity contribution is 5.37. The van der Waals surface area contributed by atoms with Gasteiger partial charge in [0.2, 0.25) is 17.8 Å². The number of nitrogens with one attached hydrogen (secondary N) is 2. The summed E-state index contributed by atoms with van der Waals surface area (Å²) in [6, 6.07) is 0. The van der Waals surface area contributed by atoms with Crippen LogP contribution in [-0.4, -0.2) is 50.8 Å². The van der Waals surface area contributed by atoms with Gasteiger partial charge in [0.1, 0.15) is 6.33 Å². The number of rotatable bonds is 8. The van der Waals surface area contributed by atoms with E-state index in [0.29, 0.717) is 37.6 Å². The lowest BCUT2D eigenvalue weighted by Crippen LogP contribution is -2.15. The molecule has 0 aliphatic heterocycles. The summed E-state index contributed by atoms with van der Waals surface area (Å²) in [7, 11) is 0. The smallest absolute Gasteiger partial charge is 0.241 e. The Hall–Kier alpha value is -2.22. The number of hydrogen-bond acceptors (Lipinski definition) is 7. The fourth-order valence-electron chi connectivity index (χ4n) is 1.55. The lowest BCUT2D eigenvalue weighted by atomic mass is 10.6. The van der Waals surface area contributed by atoms with E-state index in [1.807, 2.05) is 13.8 Å². The predicted octanol–water partition coefficient (Wildman–Crippen LogP) is 0.937. The zero-order valence-electron chi connectivity index (χ0n) is 11.7. The number of nitrogens with zero attached hydrogens (tertiary/aromatic N) is 5. The van der Waals surface area contributed by atoms with Gasteiger partial charge in [0.15, 0.2) is 0 Å². The van der Waals surface area contributed by atoms with Crippen molar-refractivity contribution in [2.24, 2.45) is 0 Å². The van der Waals surface area contributed by atoms with Crippen LogP contribution in [0.15, 0.2) is 18.7 Å². The molecule has 2 aromatic rings. The maximum absolute atomic E-state index is 5.27. The summed E-state index contributed by atoms with van der Waals surface area (Å²) in [5.74, 6) is 1.57. The van der Waals surface area contributed by atoms with E-state index in [-0.39, 0.29) is 0 Å². The van der Waals surface area contributed by atoms with E-state index < -0.39 is 0 Å². The Morgan fingerprint density at radius 3 is 2.60 bits per heavy atom. The topological polar surface area (TPSA) is 89.8 Å². The predicted molar refractivity (Wildman–Crippen MR) is 76.1 cm³/mol. The maximum atomic E-state index is 5.27. The van der Waals surface area contributed by atoms with E-state index >= 15 is 0 Å². The van der Waals surface area contributed by atoms with Crippen molar-refractivity contribution in [2.75, 3.05) is 36.9 Å². The SMILES string of the molecule is CCNc1nc(NCCOCC)nc(-n2ccnc2)n1. The summed E-state index contributed by atoms with van der Waals surface area (Å²) in [6.07, 6.45) is 5.11. The number of aromatic nitrogens is 5. The minimum atomic E-state index is 0.513. The molecule has 108 valence electrons. The Balaban J connectivity index is 2.13. The summed E-state index contributed by atoms with van der Waals surface area (Å²) in [5, 5.41) is 6.20. The average Bonchev–Trinajstić information content (AvgIpc) is 2.98. The molecule has 0 unspecified atom stereocenters. The van der Waals surface area contributed by atoms with Crippen LogP contribution in [0.1, 0.15) is 13.8 Å². The molecule has 2 rings (SSSR count). The van der Waals surface area contributed by atoms with E-state index in [1.54, 1.807) is 23.3 Å². The Morgan fingerprint density at radius 1 is 1.15 bits per heavy atom. The minimum absolute atomic E-state index is 0.513. The van der Waals surface area contributed by atoms with Crippen LogP contribution in [0.25, 0.3) is 5.95 Å². The summed E-state index contributed by atoms with van der Waals surface area (Å²) >= 11 is 0. The van der Waals surface area contributed by atoms with E-state index in [1.165, 1.54) is 0 Å². The van der Waals surface area contributed by atoms with Gasteiger partial charge >= 0.3 is 0 Å². The third-order valence-corrected chi connectivity index (χ3v) is 2.43. The van der Waals surface area contributed by atoms with Crippen LogP contribution in [0.2, 0.25) is 0 Å². The molecule has 0 aliphatic rings. The Labute approximate surface area is 117 Å². The molecule has 0 aromatic carbocycles. The van der Waals surface area contributed by atoms with Gasteiger partial charge in [-0.3, -0.25) is 4.57 Å². The lowest BCUT2D eigenvalue weighted by molar-refractivity contribution is 0.158. The van der Waals surface area contributed by atoms with Crippen LogP contribution in [0.3, 0.4) is 0 Å². The second-order valence-electron chi connectivity index (χ2n) is 3.91. The molecule has 2 N–H and O–H groups in total. The van der Waals surface area contributed by atoms with Crippen molar-refractivity contribution >= 4 is 11.9 Å². The van der Waals surface area contributed by atoms with E-state index in [9.17, 15) is 0 Å². The van der Waals surface area contributed by atoms with Crippen LogP contribution >= 0.6 is 0 Å². The monoisotopic (exact) mass is 277 g/mol. The van der Waals surface area contributed by atoms with Gasteiger partial charge in [-0.05, 0) is 13.8 Å². The molecular weight excluding hydrogens is 258 g/mol. The molecule has 0 spiro atoms. The highest BCUT2D eigenvalue weighted by Crippen LogP contribution is 2.08. The molecule has 0 fully saturated rings. The van der Waals surface area contributed by atoms with Gasteiger partial charge in [0, 0.05) is 32.1 Å². The molecule has 0 aliphatic carbocycles. The van der Waals surface area contributed by atoms with Crippen molar-refractivity contribution in [2.45, 2.75) is 13.8 Å². The molecule has 0 saturated heterocycles. The molecule has 0 atom stereocenters. The van der Waals surface area contributed by atoms with Gasteiger partial charge in [0.25, 0.3) is 0 Å². The maximum Gasteiger partial charge on any atom is 0.241 e. The van der Waals surface area contributed by atoms with Crippen LogP contribution < -0.4 is 10.6 Å². The summed E-state index contributed by atoms with van der Waals surface area (Å²) in [5.41, 5.74) is 0. The van der Waals surface area contributed by atoms with Crippen LogP contribution in [0.4, 0.5) is 11.9 Å². The molecule has 0 radical (unpaired) electrons. The molecule has 0 bridgehead atoms. The average molecular weight is 277 g/mol. The van der Waals surface area contributed by atoms with Gasteiger partial charge in [0.05, 0.1) is 6.61 Å². The van der Waals surface area contributed by atoms with Crippen LogP contribution in [0, 0.1) is 0 Å². The molecule has 2 heterocycles. The fourth-order valence-corrected chi connectivity index (χ4v) is 1.55. The van der Waals surface area contributed by atoms with Crippen LogP contribution in [-0.2, 0) is 4.74 Å². The van der Waals surface area contributed by atoms with Crippen LogP contribution in [0.5, 0.6) is 0 Å². The minimum Gasteiger partial charge on any atom is -0.380 e. The first-order valence-electron chi connectivity index (χ1n) is 6.63. The second kappa shape index (κ2) is 7.39.